The molecule has 3 aromatic heterocycles. The second-order valence-corrected chi connectivity index (χ2v) is 8.38. The van der Waals surface area contributed by atoms with Crippen LogP contribution in [0.15, 0.2) is 59.5 Å². The Morgan fingerprint density at radius 3 is 2.81 bits per heavy atom. The van der Waals surface area contributed by atoms with Crippen molar-refractivity contribution in [2.75, 3.05) is 25.0 Å². The lowest BCUT2D eigenvalue weighted by Gasteiger charge is -2.32. The van der Waals surface area contributed by atoms with Gasteiger partial charge in [0.05, 0.1) is 17.5 Å². The molecule has 1 N–H and O–H groups in total. The number of fused-ring (bicyclic) bond motifs is 1. The summed E-state index contributed by atoms with van der Waals surface area (Å²) >= 11 is 6.40. The average Bonchev–Trinajstić information content (AvgIpc) is 3.48. The molecular weight excluding hydrogens is 425 g/mol. The summed E-state index contributed by atoms with van der Waals surface area (Å²) in [7, 11) is 6.10. The third-order valence-corrected chi connectivity index (χ3v) is 6.22. The molecule has 9 heteroatoms. The number of nitrogens with zero attached hydrogens (tertiary/aromatic N) is 4. The second kappa shape index (κ2) is 8.71. The first kappa shape index (κ1) is 20.6. The molecule has 1 amide bonds. The van der Waals surface area contributed by atoms with Crippen LogP contribution in [0.3, 0.4) is 0 Å². The molecular formula is C23H21BClN5O2. The van der Waals surface area contributed by atoms with Crippen LogP contribution in [0.25, 0.3) is 16.9 Å². The fourth-order valence-corrected chi connectivity index (χ4v) is 4.30. The number of amides is 1. The molecule has 7 nitrogen and oxygen atoms in total. The van der Waals surface area contributed by atoms with E-state index in [9.17, 15) is 4.79 Å². The summed E-state index contributed by atoms with van der Waals surface area (Å²) in [6.45, 7) is 2.21. The molecule has 1 fully saturated rings. The van der Waals surface area contributed by atoms with E-state index in [0.29, 0.717) is 27.6 Å². The fraction of sp³-hybridized carbons (Fsp3) is 0.261. The lowest BCUT2D eigenvalue weighted by Crippen LogP contribution is -2.39. The number of carbonyl (C=O) groups is 1. The van der Waals surface area contributed by atoms with Gasteiger partial charge in [-0.2, -0.15) is 9.61 Å². The van der Waals surface area contributed by atoms with Gasteiger partial charge in [-0.05, 0) is 36.4 Å². The van der Waals surface area contributed by atoms with Crippen molar-refractivity contribution in [2.45, 2.75) is 12.8 Å². The Balaban J connectivity index is 1.31. The Hall–Kier alpha value is -3.26. The fourth-order valence-electron chi connectivity index (χ4n) is 4.07. The van der Waals surface area contributed by atoms with Crippen molar-refractivity contribution in [1.82, 2.24) is 19.5 Å². The molecule has 0 spiro atoms. The number of likely N-dealkylation sites (tertiary alicyclic amines) is 1. The highest BCUT2D eigenvalue weighted by atomic mass is 35.5. The van der Waals surface area contributed by atoms with Crippen LogP contribution in [0.4, 0.5) is 5.82 Å². The van der Waals surface area contributed by atoms with Crippen molar-refractivity contribution in [3.63, 3.8) is 0 Å². The number of piperidine rings is 1. The Kier molecular flexibility index (Phi) is 5.61. The largest absolute Gasteiger partial charge is 0.472 e. The van der Waals surface area contributed by atoms with E-state index in [0.717, 1.165) is 49.6 Å². The molecule has 0 atom stereocenters. The number of hydrogen-bond donors (Lipinski definition) is 1. The highest BCUT2D eigenvalue weighted by molar-refractivity contribution is 6.36. The predicted molar refractivity (Wildman–Crippen MR) is 125 cm³/mol. The minimum Gasteiger partial charge on any atom is -0.472 e. The summed E-state index contributed by atoms with van der Waals surface area (Å²) in [6.07, 6.45) is 6.46. The van der Waals surface area contributed by atoms with Gasteiger partial charge >= 0.3 is 0 Å². The van der Waals surface area contributed by atoms with Crippen molar-refractivity contribution < 1.29 is 9.21 Å². The minimum atomic E-state index is 0.0254. The highest BCUT2D eigenvalue weighted by Crippen LogP contribution is 2.28. The molecule has 0 bridgehead atoms. The van der Waals surface area contributed by atoms with Gasteiger partial charge in [0, 0.05) is 42.5 Å². The van der Waals surface area contributed by atoms with Crippen molar-refractivity contribution in [3.05, 3.63) is 65.7 Å². The minimum absolute atomic E-state index is 0.0254. The summed E-state index contributed by atoms with van der Waals surface area (Å²) in [5, 5.41) is 8.52. The number of aromatic nitrogens is 3. The number of furan rings is 1. The van der Waals surface area contributed by atoms with Crippen LogP contribution in [-0.4, -0.2) is 52.9 Å². The van der Waals surface area contributed by atoms with Gasteiger partial charge in [-0.1, -0.05) is 29.8 Å². The molecule has 4 heterocycles. The Bertz CT molecular complexity index is 1250. The van der Waals surface area contributed by atoms with E-state index >= 15 is 0 Å². The number of rotatable bonds is 5. The van der Waals surface area contributed by atoms with Crippen molar-refractivity contribution in [2.24, 2.45) is 5.92 Å². The van der Waals surface area contributed by atoms with Gasteiger partial charge in [0.1, 0.15) is 19.9 Å². The zero-order valence-electron chi connectivity index (χ0n) is 17.4. The van der Waals surface area contributed by atoms with Gasteiger partial charge in [-0.25, -0.2) is 4.98 Å². The lowest BCUT2D eigenvalue weighted by atomic mass is 9.96. The van der Waals surface area contributed by atoms with Crippen LogP contribution in [0.1, 0.15) is 23.2 Å². The third-order valence-electron chi connectivity index (χ3n) is 5.89. The lowest BCUT2D eigenvalue weighted by molar-refractivity contribution is 0.0694. The van der Waals surface area contributed by atoms with E-state index in [-0.39, 0.29) is 5.91 Å². The zero-order chi connectivity index (χ0) is 22.1. The molecule has 160 valence electrons. The maximum Gasteiger partial charge on any atom is 0.257 e. The molecule has 1 aliphatic rings. The Morgan fingerprint density at radius 1 is 1.25 bits per heavy atom. The normalized spacial score (nSPS) is 14.7. The predicted octanol–water partition coefficient (Wildman–Crippen LogP) is 3.40. The van der Waals surface area contributed by atoms with Crippen molar-refractivity contribution in [1.29, 1.82) is 0 Å². The third kappa shape index (κ3) is 3.98. The molecule has 32 heavy (non-hydrogen) atoms. The van der Waals surface area contributed by atoms with Crippen LogP contribution in [0.2, 0.25) is 5.02 Å². The summed E-state index contributed by atoms with van der Waals surface area (Å²) in [6, 6.07) is 11.2. The number of halogens is 1. The maximum atomic E-state index is 12.5. The number of hydrogen-bond acceptors (Lipinski definition) is 5. The monoisotopic (exact) mass is 445 g/mol. The van der Waals surface area contributed by atoms with E-state index in [4.69, 9.17) is 23.9 Å². The van der Waals surface area contributed by atoms with Gasteiger partial charge in [-0.15, -0.1) is 0 Å². The topological polar surface area (TPSA) is 75.7 Å². The summed E-state index contributed by atoms with van der Waals surface area (Å²) in [4.78, 5) is 19.1. The number of anilines is 1. The zero-order valence-corrected chi connectivity index (χ0v) is 18.1. The van der Waals surface area contributed by atoms with Crippen LogP contribution < -0.4 is 10.8 Å². The molecule has 4 aromatic rings. The van der Waals surface area contributed by atoms with Gasteiger partial charge in [0.15, 0.2) is 5.65 Å². The van der Waals surface area contributed by atoms with E-state index < -0.39 is 0 Å². The van der Waals surface area contributed by atoms with Crippen molar-refractivity contribution in [3.8, 4) is 11.3 Å². The van der Waals surface area contributed by atoms with Gasteiger partial charge in [0.2, 0.25) is 0 Å². The Morgan fingerprint density at radius 2 is 2.06 bits per heavy atom. The highest BCUT2D eigenvalue weighted by Gasteiger charge is 2.24. The molecule has 0 aliphatic carbocycles. The van der Waals surface area contributed by atoms with E-state index in [1.165, 1.54) is 12.5 Å². The average molecular weight is 446 g/mol. The summed E-state index contributed by atoms with van der Waals surface area (Å²) < 4.78 is 6.75. The first-order valence-electron chi connectivity index (χ1n) is 10.5. The SMILES string of the molecule is [B]c1cnn2c(NCC3CCN(C(=O)c4ccoc4)CC3)cc(-c3ccccc3Cl)nc12. The first-order chi connectivity index (χ1) is 15.6. The smallest absolute Gasteiger partial charge is 0.257 e. The summed E-state index contributed by atoms with van der Waals surface area (Å²) in [5.41, 5.74) is 3.27. The van der Waals surface area contributed by atoms with Gasteiger partial charge in [0.25, 0.3) is 5.91 Å². The summed E-state index contributed by atoms with van der Waals surface area (Å²) in [5.74, 6) is 1.26. The number of benzene rings is 1. The molecule has 1 aliphatic heterocycles. The van der Waals surface area contributed by atoms with Gasteiger partial charge < -0.3 is 14.6 Å². The second-order valence-electron chi connectivity index (χ2n) is 7.97. The van der Waals surface area contributed by atoms with Crippen LogP contribution in [-0.2, 0) is 0 Å². The number of carbonyl (C=O) groups excluding carboxylic acids is 1. The molecule has 5 rings (SSSR count). The molecule has 1 saturated heterocycles. The van der Waals surface area contributed by atoms with Gasteiger partial charge in [-0.3, -0.25) is 4.79 Å². The van der Waals surface area contributed by atoms with E-state index in [1.54, 1.807) is 16.8 Å². The van der Waals surface area contributed by atoms with Crippen LogP contribution in [0.5, 0.6) is 0 Å². The molecule has 2 radical (unpaired) electrons. The van der Waals surface area contributed by atoms with Crippen LogP contribution >= 0.6 is 11.6 Å². The first-order valence-corrected chi connectivity index (χ1v) is 10.9. The van der Waals surface area contributed by atoms with Crippen molar-refractivity contribution >= 4 is 42.3 Å². The maximum absolute atomic E-state index is 12.5. The quantitative estimate of drug-likeness (QED) is 0.477. The van der Waals surface area contributed by atoms with E-state index in [2.05, 4.69) is 15.4 Å². The molecule has 0 unspecified atom stereocenters. The van der Waals surface area contributed by atoms with E-state index in [1.807, 2.05) is 35.2 Å². The number of nitrogens with one attached hydrogen (secondary N) is 1. The Labute approximate surface area is 191 Å². The molecule has 1 aromatic carbocycles. The standard InChI is InChI=1S/C23H21BClN5O2/c24-18-13-27-30-21(11-20(28-22(18)30)17-3-1-2-4-19(17)25)26-12-15-5-8-29(9-6-15)23(31)16-7-10-32-14-16/h1-4,7,10-11,13-15,26H,5-6,8-9,12H2. The van der Waals surface area contributed by atoms with Crippen LogP contribution in [0, 0.1) is 5.92 Å². The molecule has 0 saturated carbocycles.